The molecule has 1 atom stereocenters. The van der Waals surface area contributed by atoms with Crippen molar-refractivity contribution in [3.05, 3.63) is 94.4 Å². The Morgan fingerprint density at radius 1 is 0.903 bits per heavy atom. The van der Waals surface area contributed by atoms with Crippen LogP contribution in [-0.2, 0) is 27.3 Å². The molecule has 3 saturated heterocycles. The van der Waals surface area contributed by atoms with E-state index in [1.165, 1.54) is 23.3 Å². The zero-order chi connectivity index (χ0) is 43.2. The van der Waals surface area contributed by atoms with Gasteiger partial charge in [-0.3, -0.25) is 34.3 Å². The number of piperidine rings is 2. The summed E-state index contributed by atoms with van der Waals surface area (Å²) in [7, 11) is 0. The second-order valence-corrected chi connectivity index (χ2v) is 17.2. The minimum absolute atomic E-state index is 0.00213. The number of amides is 6. The molecule has 0 bridgehead atoms. The standard InChI is InChI=1S/C46H50FN9O6/c1-26(2)62-34-24-55(25-34)46(61)51-39-20-31(47)19-36(27(39)3)38-10-14-48-45(50-38)49-32-5-4-29-13-15-53(23-30(29)18-32)22-28-11-16-54(17-12-28)33-6-7-35-37(21-33)44(60)56(43(35)59)40-8-9-41(57)52-42(40)58/h4-7,10,14,18-21,26,28,34,40H,8-9,11-13,15-17,22-25H2,1-3H3,(H,51,61)(H,48,49,50)(H,52,57,58). The first-order chi connectivity index (χ1) is 29.9. The van der Waals surface area contributed by atoms with Gasteiger partial charge in [0.05, 0.1) is 42.1 Å². The molecule has 5 aliphatic rings. The highest BCUT2D eigenvalue weighted by molar-refractivity contribution is 6.23. The summed E-state index contributed by atoms with van der Waals surface area (Å²) in [6.07, 6.45) is 4.84. The lowest BCUT2D eigenvalue weighted by Gasteiger charge is -2.39. The highest BCUT2D eigenvalue weighted by atomic mass is 19.1. The van der Waals surface area contributed by atoms with Crippen LogP contribution in [-0.4, -0.2) is 112 Å². The summed E-state index contributed by atoms with van der Waals surface area (Å²) in [5, 5.41) is 8.47. The van der Waals surface area contributed by atoms with Gasteiger partial charge in [0.1, 0.15) is 11.9 Å². The van der Waals surface area contributed by atoms with E-state index < -0.39 is 35.5 Å². The summed E-state index contributed by atoms with van der Waals surface area (Å²) in [6.45, 7) is 11.1. The molecule has 3 aromatic carbocycles. The van der Waals surface area contributed by atoms with Gasteiger partial charge in [-0.15, -0.1) is 0 Å². The van der Waals surface area contributed by atoms with E-state index >= 15 is 0 Å². The molecule has 6 amide bonds. The zero-order valence-corrected chi connectivity index (χ0v) is 35.1. The van der Waals surface area contributed by atoms with Crippen molar-refractivity contribution in [1.29, 1.82) is 0 Å². The lowest BCUT2D eigenvalue weighted by Crippen LogP contribution is -2.56. The number of rotatable bonds is 10. The Morgan fingerprint density at radius 2 is 1.69 bits per heavy atom. The first kappa shape index (κ1) is 41.1. The summed E-state index contributed by atoms with van der Waals surface area (Å²) < 4.78 is 20.7. The van der Waals surface area contributed by atoms with Crippen LogP contribution in [0.25, 0.3) is 11.3 Å². The molecule has 0 saturated carbocycles. The average molecular weight is 844 g/mol. The third-order valence-electron chi connectivity index (χ3n) is 12.6. The molecule has 6 heterocycles. The number of hydrogen-bond donors (Lipinski definition) is 3. The maximum Gasteiger partial charge on any atom is 0.322 e. The molecule has 5 aliphatic heterocycles. The summed E-state index contributed by atoms with van der Waals surface area (Å²) in [5.41, 5.74) is 7.01. The van der Waals surface area contributed by atoms with E-state index in [0.717, 1.165) is 68.3 Å². The van der Waals surface area contributed by atoms with Crippen molar-refractivity contribution in [2.24, 2.45) is 5.92 Å². The largest absolute Gasteiger partial charge is 0.372 e. The minimum Gasteiger partial charge on any atom is -0.372 e. The molecular formula is C46H50FN9O6. The van der Waals surface area contributed by atoms with Gasteiger partial charge in [-0.05, 0) is 118 Å². The maximum atomic E-state index is 15.0. The number of nitrogens with one attached hydrogen (secondary N) is 3. The lowest BCUT2D eigenvalue weighted by atomic mass is 9.93. The van der Waals surface area contributed by atoms with Crippen LogP contribution in [0.4, 0.5) is 32.2 Å². The van der Waals surface area contributed by atoms with Crippen LogP contribution in [0.5, 0.6) is 0 Å². The van der Waals surface area contributed by atoms with Crippen molar-refractivity contribution in [3.8, 4) is 11.3 Å². The predicted molar refractivity (Wildman–Crippen MR) is 230 cm³/mol. The topological polar surface area (TPSA) is 169 Å². The lowest BCUT2D eigenvalue weighted by molar-refractivity contribution is -0.136. The van der Waals surface area contributed by atoms with E-state index in [4.69, 9.17) is 9.72 Å². The zero-order valence-electron chi connectivity index (χ0n) is 35.1. The molecule has 1 aromatic heterocycles. The van der Waals surface area contributed by atoms with Gasteiger partial charge in [0.2, 0.25) is 17.8 Å². The van der Waals surface area contributed by atoms with Crippen LogP contribution >= 0.6 is 0 Å². The van der Waals surface area contributed by atoms with Crippen molar-refractivity contribution in [3.63, 3.8) is 0 Å². The van der Waals surface area contributed by atoms with Crippen molar-refractivity contribution in [2.75, 3.05) is 54.8 Å². The van der Waals surface area contributed by atoms with Gasteiger partial charge < -0.3 is 25.2 Å². The number of carbonyl (C=O) groups is 5. The fraction of sp³-hybridized carbons (Fsp3) is 0.413. The maximum absolute atomic E-state index is 15.0. The van der Waals surface area contributed by atoms with E-state index in [-0.39, 0.29) is 36.6 Å². The van der Waals surface area contributed by atoms with Crippen molar-refractivity contribution >= 4 is 52.7 Å². The quantitative estimate of drug-likeness (QED) is 0.169. The Balaban J connectivity index is 0.795. The highest BCUT2D eigenvalue weighted by Gasteiger charge is 2.45. The number of halogens is 1. The van der Waals surface area contributed by atoms with Crippen LogP contribution in [0.15, 0.2) is 60.8 Å². The van der Waals surface area contributed by atoms with Gasteiger partial charge in [-0.1, -0.05) is 6.07 Å². The number of imide groups is 2. The molecule has 15 nitrogen and oxygen atoms in total. The second-order valence-electron chi connectivity index (χ2n) is 17.2. The Hall–Kier alpha value is -6.26. The molecule has 3 fully saturated rings. The number of anilines is 4. The van der Waals surface area contributed by atoms with E-state index in [0.29, 0.717) is 53.0 Å². The number of ether oxygens (including phenoxy) is 1. The Morgan fingerprint density at radius 3 is 2.47 bits per heavy atom. The van der Waals surface area contributed by atoms with Crippen molar-refractivity contribution in [2.45, 2.75) is 77.7 Å². The number of aromatic nitrogens is 2. The molecule has 322 valence electrons. The van der Waals surface area contributed by atoms with E-state index in [2.05, 4.69) is 42.9 Å². The van der Waals surface area contributed by atoms with Crippen LogP contribution in [0.2, 0.25) is 0 Å². The molecule has 0 spiro atoms. The Labute approximate surface area is 359 Å². The summed E-state index contributed by atoms with van der Waals surface area (Å²) in [5.74, 6) is -1.62. The number of nitrogens with zero attached hydrogens (tertiary/aromatic N) is 6. The fourth-order valence-electron chi connectivity index (χ4n) is 9.29. The first-order valence-electron chi connectivity index (χ1n) is 21.4. The molecule has 0 aliphatic carbocycles. The summed E-state index contributed by atoms with van der Waals surface area (Å²) in [6, 6.07) is 14.8. The Kier molecular flexibility index (Phi) is 11.2. The summed E-state index contributed by atoms with van der Waals surface area (Å²) >= 11 is 0. The van der Waals surface area contributed by atoms with Crippen LogP contribution in [0.1, 0.15) is 76.9 Å². The van der Waals surface area contributed by atoms with E-state index in [1.807, 2.05) is 32.9 Å². The molecule has 3 N–H and O–H groups in total. The number of urea groups is 1. The van der Waals surface area contributed by atoms with Gasteiger partial charge in [0, 0.05) is 68.0 Å². The molecule has 9 rings (SSSR count). The van der Waals surface area contributed by atoms with Crippen LogP contribution < -0.4 is 20.9 Å². The minimum atomic E-state index is -0.986. The molecule has 4 aromatic rings. The molecule has 62 heavy (non-hydrogen) atoms. The second kappa shape index (κ2) is 16.9. The van der Waals surface area contributed by atoms with Crippen molar-refractivity contribution < 1.29 is 33.1 Å². The van der Waals surface area contributed by atoms with Crippen LogP contribution in [0, 0.1) is 18.7 Å². The van der Waals surface area contributed by atoms with Gasteiger partial charge >= 0.3 is 6.03 Å². The van der Waals surface area contributed by atoms with Crippen LogP contribution in [0.3, 0.4) is 0 Å². The fourth-order valence-corrected chi connectivity index (χ4v) is 9.29. The highest BCUT2D eigenvalue weighted by Crippen LogP contribution is 2.34. The number of carbonyl (C=O) groups excluding carboxylic acids is 5. The van der Waals surface area contributed by atoms with Gasteiger partial charge in [0.15, 0.2) is 0 Å². The van der Waals surface area contributed by atoms with Gasteiger partial charge in [-0.25, -0.2) is 19.2 Å². The SMILES string of the molecule is Cc1c(NC(=O)N2CC(OC(C)C)C2)cc(F)cc1-c1ccnc(Nc2ccc3c(c2)CN(CC2CCN(c4ccc5c(c4)C(=O)N(C4CCC(=O)NC4=O)C5=O)CC2)CC3)n1. The number of benzene rings is 3. The smallest absolute Gasteiger partial charge is 0.322 e. The molecule has 1 unspecified atom stereocenters. The number of fused-ring (bicyclic) bond motifs is 2. The third kappa shape index (κ3) is 8.36. The van der Waals surface area contributed by atoms with E-state index in [1.54, 1.807) is 29.3 Å². The monoisotopic (exact) mass is 843 g/mol. The average Bonchev–Trinajstić information content (AvgIpc) is 3.48. The van der Waals surface area contributed by atoms with E-state index in [9.17, 15) is 28.4 Å². The molecule has 0 radical (unpaired) electrons. The third-order valence-corrected chi connectivity index (χ3v) is 12.6. The number of hydrogen-bond acceptors (Lipinski definition) is 11. The Bertz CT molecular complexity index is 2470. The van der Waals surface area contributed by atoms with Gasteiger partial charge in [-0.2, -0.15) is 0 Å². The first-order valence-corrected chi connectivity index (χ1v) is 21.4. The summed E-state index contributed by atoms with van der Waals surface area (Å²) in [4.78, 5) is 80.3. The van der Waals surface area contributed by atoms with Crippen molar-refractivity contribution in [1.82, 2.24) is 30.0 Å². The normalized spacial score (nSPS) is 19.7. The molecule has 16 heteroatoms. The predicted octanol–water partition coefficient (Wildman–Crippen LogP) is 5.65. The van der Waals surface area contributed by atoms with Gasteiger partial charge in [0.25, 0.3) is 11.8 Å². The number of likely N-dealkylation sites (tertiary alicyclic amines) is 1. The molecular weight excluding hydrogens is 794 g/mol.